The van der Waals surface area contributed by atoms with Gasteiger partial charge in [0, 0.05) is 35.6 Å². The SMILES string of the molecule is CCN1c2cc(OC)c(C=Nc3ccc(Oc4ccccc4C)cc3)cc2C(C)=CC1(C)C. The van der Waals surface area contributed by atoms with Crippen molar-refractivity contribution in [1.29, 1.82) is 0 Å². The zero-order valence-electron chi connectivity index (χ0n) is 20.3. The van der Waals surface area contributed by atoms with E-state index in [4.69, 9.17) is 14.5 Å². The van der Waals surface area contributed by atoms with Crippen LogP contribution in [0.1, 0.15) is 44.4 Å². The maximum atomic E-state index is 5.99. The quantitative estimate of drug-likeness (QED) is 0.371. The van der Waals surface area contributed by atoms with Crippen LogP contribution in [0.5, 0.6) is 17.2 Å². The summed E-state index contributed by atoms with van der Waals surface area (Å²) < 4.78 is 11.7. The molecule has 4 rings (SSSR count). The molecule has 0 radical (unpaired) electrons. The van der Waals surface area contributed by atoms with Gasteiger partial charge in [0.1, 0.15) is 17.2 Å². The minimum atomic E-state index is -0.0332. The van der Waals surface area contributed by atoms with Crippen molar-refractivity contribution in [1.82, 2.24) is 0 Å². The number of rotatable bonds is 6. The molecular weight excluding hydrogens is 408 g/mol. The molecule has 0 bridgehead atoms. The fraction of sp³-hybridized carbons (Fsp3) is 0.276. The van der Waals surface area contributed by atoms with E-state index in [9.17, 15) is 0 Å². The number of likely N-dealkylation sites (N-methyl/N-ethyl adjacent to an activating group) is 1. The molecule has 3 aromatic rings. The summed E-state index contributed by atoms with van der Waals surface area (Å²) in [6, 6.07) is 20.1. The van der Waals surface area contributed by atoms with Crippen LogP contribution in [0.4, 0.5) is 11.4 Å². The highest BCUT2D eigenvalue weighted by Crippen LogP contribution is 2.41. The molecule has 33 heavy (non-hydrogen) atoms. The Morgan fingerprint density at radius 2 is 1.70 bits per heavy atom. The third-order valence-electron chi connectivity index (χ3n) is 6.16. The third kappa shape index (κ3) is 4.65. The average molecular weight is 441 g/mol. The van der Waals surface area contributed by atoms with Crippen molar-refractivity contribution < 1.29 is 9.47 Å². The van der Waals surface area contributed by atoms with E-state index < -0.39 is 0 Å². The molecule has 0 atom stereocenters. The van der Waals surface area contributed by atoms with Crippen LogP contribution in [0.15, 0.2) is 71.7 Å². The summed E-state index contributed by atoms with van der Waals surface area (Å²) in [5.41, 5.74) is 6.59. The van der Waals surface area contributed by atoms with E-state index in [-0.39, 0.29) is 5.54 Å². The first kappa shape index (κ1) is 22.7. The Balaban J connectivity index is 1.60. The van der Waals surface area contributed by atoms with E-state index >= 15 is 0 Å². The number of methoxy groups -OCH3 is 1. The molecule has 0 fully saturated rings. The Bertz CT molecular complexity index is 1210. The van der Waals surface area contributed by atoms with Gasteiger partial charge in [0.2, 0.25) is 0 Å². The van der Waals surface area contributed by atoms with Crippen molar-refractivity contribution in [3.63, 3.8) is 0 Å². The van der Waals surface area contributed by atoms with Crippen molar-refractivity contribution >= 4 is 23.2 Å². The lowest BCUT2D eigenvalue weighted by atomic mass is 9.88. The highest BCUT2D eigenvalue weighted by Gasteiger charge is 2.31. The molecule has 0 saturated heterocycles. The molecule has 1 aliphatic rings. The van der Waals surface area contributed by atoms with Gasteiger partial charge in [-0.2, -0.15) is 0 Å². The number of aliphatic imine (C=N–C) groups is 1. The van der Waals surface area contributed by atoms with Gasteiger partial charge in [0.25, 0.3) is 0 Å². The molecule has 0 aliphatic carbocycles. The fourth-order valence-electron chi connectivity index (χ4n) is 4.52. The smallest absolute Gasteiger partial charge is 0.130 e. The molecular formula is C29H32N2O2. The Morgan fingerprint density at radius 3 is 2.36 bits per heavy atom. The van der Waals surface area contributed by atoms with Crippen molar-refractivity contribution in [2.75, 3.05) is 18.6 Å². The maximum Gasteiger partial charge on any atom is 0.130 e. The van der Waals surface area contributed by atoms with E-state index in [0.29, 0.717) is 0 Å². The van der Waals surface area contributed by atoms with Crippen LogP contribution >= 0.6 is 0 Å². The van der Waals surface area contributed by atoms with Crippen LogP contribution in [0.25, 0.3) is 5.57 Å². The first-order chi connectivity index (χ1) is 15.8. The summed E-state index contributed by atoms with van der Waals surface area (Å²) in [5, 5.41) is 0. The molecule has 4 nitrogen and oxygen atoms in total. The molecule has 0 unspecified atom stereocenters. The van der Waals surface area contributed by atoms with Gasteiger partial charge in [-0.25, -0.2) is 0 Å². The number of aryl methyl sites for hydroxylation is 1. The monoisotopic (exact) mass is 440 g/mol. The minimum Gasteiger partial charge on any atom is -0.496 e. The second-order valence-electron chi connectivity index (χ2n) is 8.96. The molecule has 1 heterocycles. The highest BCUT2D eigenvalue weighted by atomic mass is 16.5. The Hall–Kier alpha value is -3.53. The van der Waals surface area contributed by atoms with Crippen molar-refractivity contribution in [2.45, 2.75) is 40.2 Å². The zero-order valence-corrected chi connectivity index (χ0v) is 20.3. The van der Waals surface area contributed by atoms with Gasteiger partial charge in [-0.3, -0.25) is 4.99 Å². The molecule has 0 aromatic heterocycles. The van der Waals surface area contributed by atoms with Gasteiger partial charge in [-0.05, 0) is 82.2 Å². The van der Waals surface area contributed by atoms with E-state index in [2.05, 4.69) is 50.8 Å². The first-order valence-electron chi connectivity index (χ1n) is 11.4. The molecule has 170 valence electrons. The number of para-hydroxylation sites is 1. The predicted octanol–water partition coefficient (Wildman–Crippen LogP) is 7.57. The summed E-state index contributed by atoms with van der Waals surface area (Å²) in [5.74, 6) is 2.47. The maximum absolute atomic E-state index is 5.99. The molecule has 0 amide bonds. The van der Waals surface area contributed by atoms with Gasteiger partial charge < -0.3 is 14.4 Å². The fourth-order valence-corrected chi connectivity index (χ4v) is 4.52. The topological polar surface area (TPSA) is 34.1 Å². The minimum absolute atomic E-state index is 0.0332. The number of anilines is 1. The molecule has 0 N–H and O–H groups in total. The van der Waals surface area contributed by atoms with Crippen LogP contribution in [-0.2, 0) is 0 Å². The Morgan fingerprint density at radius 1 is 0.970 bits per heavy atom. The van der Waals surface area contributed by atoms with Gasteiger partial charge in [0.05, 0.1) is 18.3 Å². The summed E-state index contributed by atoms with van der Waals surface area (Å²) in [6.45, 7) is 11.8. The molecule has 4 heteroatoms. The number of nitrogens with zero attached hydrogens (tertiary/aromatic N) is 2. The number of ether oxygens (including phenoxy) is 2. The predicted molar refractivity (Wildman–Crippen MR) is 139 cm³/mol. The normalized spacial score (nSPS) is 14.7. The van der Waals surface area contributed by atoms with Gasteiger partial charge in [-0.1, -0.05) is 24.3 Å². The van der Waals surface area contributed by atoms with Crippen LogP contribution in [0.2, 0.25) is 0 Å². The van der Waals surface area contributed by atoms with Crippen molar-refractivity contribution in [2.24, 2.45) is 4.99 Å². The van der Waals surface area contributed by atoms with Gasteiger partial charge >= 0.3 is 0 Å². The number of allylic oxidation sites excluding steroid dienone is 1. The number of hydrogen-bond acceptors (Lipinski definition) is 4. The van der Waals surface area contributed by atoms with E-state index in [1.165, 1.54) is 16.8 Å². The Labute approximate surface area is 197 Å². The average Bonchev–Trinajstić information content (AvgIpc) is 2.79. The second kappa shape index (κ2) is 9.14. The lowest BCUT2D eigenvalue weighted by Crippen LogP contribution is -2.44. The van der Waals surface area contributed by atoms with E-state index in [0.717, 1.165) is 40.6 Å². The number of fused-ring (bicyclic) bond motifs is 1. The van der Waals surface area contributed by atoms with Crippen LogP contribution in [-0.4, -0.2) is 25.4 Å². The number of hydrogen-bond donors (Lipinski definition) is 0. The molecule has 1 aliphatic heterocycles. The highest BCUT2D eigenvalue weighted by molar-refractivity contribution is 5.92. The summed E-state index contributed by atoms with van der Waals surface area (Å²) in [7, 11) is 1.71. The zero-order chi connectivity index (χ0) is 23.6. The first-order valence-corrected chi connectivity index (χ1v) is 11.4. The van der Waals surface area contributed by atoms with Crippen LogP contribution in [0.3, 0.4) is 0 Å². The standard InChI is InChI=1S/C29H32N2O2/c1-7-31-26-17-28(32-6)22(16-25(26)21(3)18-29(31,4)5)19-30-23-12-14-24(15-13-23)33-27-11-9-8-10-20(27)2/h8-19H,7H2,1-6H3. The van der Waals surface area contributed by atoms with Crippen molar-refractivity contribution in [3.8, 4) is 17.2 Å². The van der Waals surface area contributed by atoms with Crippen molar-refractivity contribution in [3.05, 3.63) is 83.4 Å². The molecule has 3 aromatic carbocycles. The van der Waals surface area contributed by atoms with Crippen LogP contribution < -0.4 is 14.4 Å². The van der Waals surface area contributed by atoms with Crippen LogP contribution in [0, 0.1) is 6.92 Å². The lowest BCUT2D eigenvalue weighted by molar-refractivity contribution is 0.413. The molecule has 0 spiro atoms. The summed E-state index contributed by atoms with van der Waals surface area (Å²) in [4.78, 5) is 7.11. The number of benzene rings is 3. The lowest BCUT2D eigenvalue weighted by Gasteiger charge is -2.43. The van der Waals surface area contributed by atoms with E-state index in [1.54, 1.807) is 7.11 Å². The summed E-state index contributed by atoms with van der Waals surface area (Å²) in [6.07, 6.45) is 4.21. The van der Waals surface area contributed by atoms with Gasteiger partial charge in [-0.15, -0.1) is 0 Å². The molecule has 0 saturated carbocycles. The Kier molecular flexibility index (Phi) is 6.28. The third-order valence-corrected chi connectivity index (χ3v) is 6.16. The summed E-state index contributed by atoms with van der Waals surface area (Å²) >= 11 is 0. The largest absolute Gasteiger partial charge is 0.496 e. The second-order valence-corrected chi connectivity index (χ2v) is 8.96. The van der Waals surface area contributed by atoms with Gasteiger partial charge in [0.15, 0.2) is 0 Å². The van der Waals surface area contributed by atoms with E-state index in [1.807, 2.05) is 61.7 Å².